The van der Waals surface area contributed by atoms with Crippen LogP contribution in [0.4, 0.5) is 4.79 Å². The zero-order valence-corrected chi connectivity index (χ0v) is 12.6. The van der Waals surface area contributed by atoms with Gasteiger partial charge in [0.15, 0.2) is 0 Å². The number of urea groups is 1. The minimum Gasteiger partial charge on any atom is -0.268 e. The van der Waals surface area contributed by atoms with Crippen molar-refractivity contribution in [1.29, 1.82) is 0 Å². The van der Waals surface area contributed by atoms with Gasteiger partial charge in [-0.3, -0.25) is 19.4 Å². The summed E-state index contributed by atoms with van der Waals surface area (Å²) in [6.07, 6.45) is 1.53. The molecule has 0 atom stereocenters. The summed E-state index contributed by atoms with van der Waals surface area (Å²) in [6, 6.07) is 6.58. The van der Waals surface area contributed by atoms with Crippen LogP contribution in [0.25, 0.3) is 6.08 Å². The Kier molecular flexibility index (Phi) is 3.93. The number of likely N-dealkylation sites (N-methyl/N-ethyl adjacent to an activating group) is 1. The summed E-state index contributed by atoms with van der Waals surface area (Å²) in [5.74, 6) is -1.11. The zero-order valence-electron chi connectivity index (χ0n) is 12.6. The molecule has 5 nitrogen and oxygen atoms in total. The van der Waals surface area contributed by atoms with Gasteiger partial charge in [0.25, 0.3) is 11.8 Å². The third-order valence-corrected chi connectivity index (χ3v) is 3.38. The Morgan fingerprint density at radius 1 is 1.00 bits per heavy atom. The van der Waals surface area contributed by atoms with Gasteiger partial charge in [-0.1, -0.05) is 29.8 Å². The van der Waals surface area contributed by atoms with Gasteiger partial charge >= 0.3 is 6.03 Å². The van der Waals surface area contributed by atoms with E-state index in [0.29, 0.717) is 0 Å². The van der Waals surface area contributed by atoms with Gasteiger partial charge in [0, 0.05) is 13.1 Å². The maximum atomic E-state index is 12.4. The van der Waals surface area contributed by atoms with Crippen LogP contribution in [0.3, 0.4) is 0 Å². The second-order valence-corrected chi connectivity index (χ2v) is 5.38. The van der Waals surface area contributed by atoms with E-state index in [2.05, 4.69) is 0 Å². The standard InChI is InChI=1S/C16H18N2O3/c1-10(2)18-15(20)13(14(19)17(4)16(18)21)9-12-7-5-11(3)6-8-12/h5-10H,1-4H3/b13-9+. The van der Waals surface area contributed by atoms with Crippen LogP contribution in [0.5, 0.6) is 0 Å². The van der Waals surface area contributed by atoms with E-state index in [0.717, 1.165) is 20.9 Å². The van der Waals surface area contributed by atoms with Crippen molar-refractivity contribution in [2.75, 3.05) is 7.05 Å². The predicted octanol–water partition coefficient (Wildman–Crippen LogP) is 2.21. The van der Waals surface area contributed by atoms with Crippen molar-refractivity contribution in [2.24, 2.45) is 0 Å². The number of aryl methyl sites for hydroxylation is 1. The van der Waals surface area contributed by atoms with Gasteiger partial charge in [-0.25, -0.2) is 4.79 Å². The van der Waals surface area contributed by atoms with Gasteiger partial charge < -0.3 is 0 Å². The first-order chi connectivity index (χ1) is 9.82. The molecule has 1 aliphatic heterocycles. The molecule has 1 heterocycles. The second kappa shape index (κ2) is 5.52. The highest BCUT2D eigenvalue weighted by atomic mass is 16.2. The lowest BCUT2D eigenvalue weighted by atomic mass is 10.0. The van der Waals surface area contributed by atoms with Crippen molar-refractivity contribution in [3.63, 3.8) is 0 Å². The van der Waals surface area contributed by atoms with Crippen LogP contribution < -0.4 is 0 Å². The van der Waals surface area contributed by atoms with Gasteiger partial charge in [0.05, 0.1) is 0 Å². The highest BCUT2D eigenvalue weighted by molar-refractivity contribution is 6.30. The molecule has 0 aliphatic carbocycles. The van der Waals surface area contributed by atoms with Gasteiger partial charge in [-0.15, -0.1) is 0 Å². The van der Waals surface area contributed by atoms with E-state index >= 15 is 0 Å². The van der Waals surface area contributed by atoms with Crippen molar-refractivity contribution < 1.29 is 14.4 Å². The first kappa shape index (κ1) is 15.0. The Morgan fingerprint density at radius 2 is 1.57 bits per heavy atom. The molecule has 1 aromatic carbocycles. The van der Waals surface area contributed by atoms with Gasteiger partial charge in [0.2, 0.25) is 0 Å². The fraction of sp³-hybridized carbons (Fsp3) is 0.312. The molecule has 21 heavy (non-hydrogen) atoms. The Balaban J connectivity index is 2.45. The average molecular weight is 286 g/mol. The Morgan fingerprint density at radius 3 is 2.10 bits per heavy atom. The largest absolute Gasteiger partial charge is 0.333 e. The molecule has 110 valence electrons. The molecule has 2 rings (SSSR count). The fourth-order valence-corrected chi connectivity index (χ4v) is 2.15. The molecular weight excluding hydrogens is 268 g/mol. The number of amides is 4. The molecule has 0 N–H and O–H groups in total. The fourth-order valence-electron chi connectivity index (χ4n) is 2.15. The molecule has 1 aromatic rings. The highest BCUT2D eigenvalue weighted by Crippen LogP contribution is 2.21. The molecule has 1 saturated heterocycles. The molecule has 0 radical (unpaired) electrons. The Hall–Kier alpha value is -2.43. The van der Waals surface area contributed by atoms with E-state index < -0.39 is 17.8 Å². The number of barbiturate groups is 1. The Labute approximate surface area is 123 Å². The highest BCUT2D eigenvalue weighted by Gasteiger charge is 2.41. The van der Waals surface area contributed by atoms with Gasteiger partial charge in [0.1, 0.15) is 5.57 Å². The Bertz CT molecular complexity index is 629. The monoisotopic (exact) mass is 286 g/mol. The maximum Gasteiger partial charge on any atom is 0.333 e. The first-order valence-electron chi connectivity index (χ1n) is 6.77. The minimum atomic E-state index is -0.582. The number of hydrogen-bond donors (Lipinski definition) is 0. The van der Waals surface area contributed by atoms with Crippen LogP contribution in [0.15, 0.2) is 29.8 Å². The molecule has 1 aliphatic rings. The molecular formula is C16H18N2O3. The average Bonchev–Trinajstić information content (AvgIpc) is 2.43. The summed E-state index contributed by atoms with van der Waals surface area (Å²) in [5.41, 5.74) is 1.85. The van der Waals surface area contributed by atoms with Crippen LogP contribution in [-0.4, -0.2) is 40.7 Å². The zero-order chi connectivity index (χ0) is 15.7. The molecule has 0 spiro atoms. The van der Waals surface area contributed by atoms with Crippen molar-refractivity contribution >= 4 is 23.9 Å². The lowest BCUT2D eigenvalue weighted by molar-refractivity contribution is -0.135. The van der Waals surface area contributed by atoms with Gasteiger partial charge in [-0.05, 0) is 32.4 Å². The van der Waals surface area contributed by atoms with Crippen LogP contribution in [0.1, 0.15) is 25.0 Å². The second-order valence-electron chi connectivity index (χ2n) is 5.38. The van der Waals surface area contributed by atoms with E-state index in [1.807, 2.05) is 31.2 Å². The van der Waals surface area contributed by atoms with Crippen LogP contribution >= 0.6 is 0 Å². The molecule has 0 bridgehead atoms. The molecule has 0 aromatic heterocycles. The summed E-state index contributed by atoms with van der Waals surface area (Å²) < 4.78 is 0. The van der Waals surface area contributed by atoms with Crippen LogP contribution in [-0.2, 0) is 9.59 Å². The number of benzene rings is 1. The normalized spacial score (nSPS) is 18.1. The van der Waals surface area contributed by atoms with E-state index in [1.54, 1.807) is 13.8 Å². The quantitative estimate of drug-likeness (QED) is 0.618. The summed E-state index contributed by atoms with van der Waals surface area (Å²) in [7, 11) is 1.38. The van der Waals surface area contributed by atoms with Crippen molar-refractivity contribution in [3.05, 3.63) is 41.0 Å². The molecule has 0 saturated carbocycles. The molecule has 1 fully saturated rings. The number of nitrogens with zero attached hydrogens (tertiary/aromatic N) is 2. The summed E-state index contributed by atoms with van der Waals surface area (Å²) in [6.45, 7) is 5.44. The lowest BCUT2D eigenvalue weighted by Gasteiger charge is -2.34. The maximum absolute atomic E-state index is 12.4. The minimum absolute atomic E-state index is 0.00894. The number of hydrogen-bond acceptors (Lipinski definition) is 3. The SMILES string of the molecule is Cc1ccc(/C=C2\C(=O)N(C)C(=O)N(C(C)C)C2=O)cc1. The number of imide groups is 2. The first-order valence-corrected chi connectivity index (χ1v) is 6.77. The summed E-state index contributed by atoms with van der Waals surface area (Å²) in [5, 5.41) is 0. The van der Waals surface area contributed by atoms with E-state index in [9.17, 15) is 14.4 Å². The van der Waals surface area contributed by atoms with Gasteiger partial charge in [-0.2, -0.15) is 0 Å². The third kappa shape index (κ3) is 2.72. The smallest absolute Gasteiger partial charge is 0.268 e. The van der Waals surface area contributed by atoms with Crippen LogP contribution in [0.2, 0.25) is 0 Å². The van der Waals surface area contributed by atoms with E-state index in [1.165, 1.54) is 13.1 Å². The molecule has 0 unspecified atom stereocenters. The molecule has 4 amide bonds. The number of carbonyl (C=O) groups is 3. The lowest BCUT2D eigenvalue weighted by Crippen LogP contribution is -2.56. The summed E-state index contributed by atoms with van der Waals surface area (Å²) in [4.78, 5) is 38.7. The van der Waals surface area contributed by atoms with E-state index in [-0.39, 0.29) is 11.6 Å². The number of rotatable bonds is 2. The summed E-state index contributed by atoms with van der Waals surface area (Å²) >= 11 is 0. The van der Waals surface area contributed by atoms with Crippen molar-refractivity contribution in [2.45, 2.75) is 26.8 Å². The van der Waals surface area contributed by atoms with Crippen molar-refractivity contribution in [3.8, 4) is 0 Å². The van der Waals surface area contributed by atoms with Crippen molar-refractivity contribution in [1.82, 2.24) is 9.80 Å². The number of carbonyl (C=O) groups excluding carboxylic acids is 3. The van der Waals surface area contributed by atoms with Crippen LogP contribution in [0, 0.1) is 6.92 Å². The predicted molar refractivity (Wildman–Crippen MR) is 79.3 cm³/mol. The third-order valence-electron chi connectivity index (χ3n) is 3.38. The van der Waals surface area contributed by atoms with E-state index in [4.69, 9.17) is 0 Å². The molecule has 5 heteroatoms. The topological polar surface area (TPSA) is 57.7 Å².